The molecule has 1 aromatic rings. The number of piperidine rings is 1. The summed E-state index contributed by atoms with van der Waals surface area (Å²) in [6.45, 7) is 0.374. The number of amides is 2. The van der Waals surface area contributed by atoms with Crippen LogP contribution in [-0.2, 0) is 30.3 Å². The lowest BCUT2D eigenvalue weighted by molar-refractivity contribution is -0.155. The molecule has 0 unspecified atom stereocenters. The molecule has 0 aromatic carbocycles. The summed E-state index contributed by atoms with van der Waals surface area (Å²) >= 11 is 0. The van der Waals surface area contributed by atoms with Crippen molar-refractivity contribution < 1.29 is 29.0 Å². The number of imidazole rings is 1. The van der Waals surface area contributed by atoms with E-state index in [-0.39, 0.29) is 19.3 Å². The van der Waals surface area contributed by atoms with Gasteiger partial charge in [-0.2, -0.15) is 0 Å². The lowest BCUT2D eigenvalue weighted by Gasteiger charge is -2.36. The van der Waals surface area contributed by atoms with Crippen LogP contribution in [0.1, 0.15) is 37.8 Å². The van der Waals surface area contributed by atoms with E-state index in [1.54, 1.807) is 0 Å². The molecule has 2 amide bonds. The first kappa shape index (κ1) is 22.3. The number of hydrogen-bond donors (Lipinski definition) is 4. The molecule has 0 saturated carbocycles. The predicted molar refractivity (Wildman–Crippen MR) is 100 cm³/mol. The Kier molecular flexibility index (Phi) is 8.13. The quantitative estimate of drug-likeness (QED) is 0.384. The number of rotatable bonds is 9. The van der Waals surface area contributed by atoms with E-state index >= 15 is 0 Å². The Hall–Kier alpha value is -2.95. The highest BCUT2D eigenvalue weighted by Crippen LogP contribution is 2.20. The van der Waals surface area contributed by atoms with E-state index in [0.29, 0.717) is 18.7 Å². The van der Waals surface area contributed by atoms with Gasteiger partial charge >= 0.3 is 11.9 Å². The molecule has 1 aliphatic rings. The van der Waals surface area contributed by atoms with Crippen LogP contribution in [-0.4, -0.2) is 75.5 Å². The van der Waals surface area contributed by atoms with Crippen molar-refractivity contribution in [3.8, 4) is 0 Å². The molecular weight excluding hydrogens is 382 g/mol. The topological polar surface area (TPSA) is 168 Å². The Labute approximate surface area is 168 Å². The van der Waals surface area contributed by atoms with E-state index in [1.807, 2.05) is 0 Å². The van der Waals surface area contributed by atoms with Crippen LogP contribution >= 0.6 is 0 Å². The van der Waals surface area contributed by atoms with Crippen LogP contribution in [0.5, 0.6) is 0 Å². The number of nitrogens with two attached hydrogens (primary N) is 1. The summed E-state index contributed by atoms with van der Waals surface area (Å²) in [7, 11) is 1.27. The molecule has 1 saturated heterocycles. The van der Waals surface area contributed by atoms with Crippen LogP contribution in [0.4, 0.5) is 0 Å². The fourth-order valence-corrected chi connectivity index (χ4v) is 3.28. The largest absolute Gasteiger partial charge is 0.481 e. The number of likely N-dealkylation sites (tertiary alicyclic amines) is 1. The molecule has 2 rings (SSSR count). The zero-order valence-corrected chi connectivity index (χ0v) is 16.3. The van der Waals surface area contributed by atoms with Gasteiger partial charge in [-0.05, 0) is 25.7 Å². The van der Waals surface area contributed by atoms with Gasteiger partial charge in [0.05, 0.1) is 19.5 Å². The number of esters is 1. The Morgan fingerprint density at radius 1 is 1.41 bits per heavy atom. The average Bonchev–Trinajstić information content (AvgIpc) is 3.23. The number of H-pyrrole nitrogens is 1. The van der Waals surface area contributed by atoms with Gasteiger partial charge in [0.25, 0.3) is 0 Å². The number of aliphatic carboxylic acids is 1. The van der Waals surface area contributed by atoms with Crippen molar-refractivity contribution >= 4 is 23.8 Å². The summed E-state index contributed by atoms with van der Waals surface area (Å²) in [5.41, 5.74) is 6.39. The molecule has 0 spiro atoms. The molecule has 5 N–H and O–H groups in total. The summed E-state index contributed by atoms with van der Waals surface area (Å²) in [6, 6.07) is -2.76. The highest BCUT2D eigenvalue weighted by molar-refractivity contribution is 5.92. The Morgan fingerprint density at radius 2 is 2.17 bits per heavy atom. The Balaban J connectivity index is 2.15. The highest BCUT2D eigenvalue weighted by Gasteiger charge is 2.37. The molecule has 11 nitrogen and oxygen atoms in total. The molecule has 1 aliphatic heterocycles. The second kappa shape index (κ2) is 10.6. The van der Waals surface area contributed by atoms with E-state index in [9.17, 15) is 19.2 Å². The molecule has 160 valence electrons. The maximum absolute atomic E-state index is 13.2. The minimum absolute atomic E-state index is 0.0549. The summed E-state index contributed by atoms with van der Waals surface area (Å²) in [5, 5.41) is 11.4. The van der Waals surface area contributed by atoms with E-state index in [0.717, 1.165) is 12.8 Å². The lowest BCUT2D eigenvalue weighted by Crippen LogP contribution is -2.58. The zero-order chi connectivity index (χ0) is 21.4. The van der Waals surface area contributed by atoms with Gasteiger partial charge in [0.2, 0.25) is 11.8 Å². The number of aromatic amines is 1. The van der Waals surface area contributed by atoms with Crippen molar-refractivity contribution in [3.05, 3.63) is 18.2 Å². The van der Waals surface area contributed by atoms with Crippen LogP contribution < -0.4 is 11.1 Å². The van der Waals surface area contributed by atoms with Gasteiger partial charge in [0.1, 0.15) is 12.1 Å². The third-order valence-electron chi connectivity index (χ3n) is 4.86. The third kappa shape index (κ3) is 6.28. The molecule has 3 atom stereocenters. The first-order chi connectivity index (χ1) is 13.8. The molecule has 0 bridgehead atoms. The molecule has 29 heavy (non-hydrogen) atoms. The summed E-state index contributed by atoms with van der Waals surface area (Å²) in [4.78, 5) is 56.7. The molecule has 1 aromatic heterocycles. The molecular formula is C18H27N5O6. The van der Waals surface area contributed by atoms with Crippen molar-refractivity contribution in [1.82, 2.24) is 20.2 Å². The van der Waals surface area contributed by atoms with E-state index in [4.69, 9.17) is 15.6 Å². The normalized spacial score (nSPS) is 18.6. The third-order valence-corrected chi connectivity index (χ3v) is 4.86. The maximum atomic E-state index is 13.2. The number of ether oxygens (including phenoxy) is 1. The summed E-state index contributed by atoms with van der Waals surface area (Å²) in [6.07, 6.45) is 4.82. The van der Waals surface area contributed by atoms with Crippen molar-refractivity contribution in [2.75, 3.05) is 13.7 Å². The van der Waals surface area contributed by atoms with E-state index < -0.39 is 41.9 Å². The molecule has 1 fully saturated rings. The van der Waals surface area contributed by atoms with E-state index in [1.165, 1.54) is 24.5 Å². The molecule has 11 heteroatoms. The second-order valence-electron chi connectivity index (χ2n) is 6.95. The maximum Gasteiger partial charge on any atom is 0.328 e. The minimum atomic E-state index is -1.07. The molecule has 2 heterocycles. The van der Waals surface area contributed by atoms with Gasteiger partial charge in [-0.25, -0.2) is 9.78 Å². The van der Waals surface area contributed by atoms with Gasteiger partial charge in [-0.3, -0.25) is 14.4 Å². The number of carboxylic acids is 1. The van der Waals surface area contributed by atoms with Gasteiger partial charge < -0.3 is 30.8 Å². The molecule has 0 aliphatic carbocycles. The highest BCUT2D eigenvalue weighted by atomic mass is 16.5. The SMILES string of the molecule is COC(=O)[C@@H]1CCCCN1C(=O)[C@H](Cc1cnc[nH]1)NC(=O)[C@@H](N)CCC(=O)O. The van der Waals surface area contributed by atoms with Crippen molar-refractivity contribution in [2.24, 2.45) is 5.73 Å². The number of carbonyl (C=O) groups is 4. The number of aromatic nitrogens is 2. The number of nitrogens with zero attached hydrogens (tertiary/aromatic N) is 2. The monoisotopic (exact) mass is 409 g/mol. The van der Waals surface area contributed by atoms with Gasteiger partial charge in [-0.15, -0.1) is 0 Å². The lowest BCUT2D eigenvalue weighted by atomic mass is 9.99. The van der Waals surface area contributed by atoms with Crippen molar-refractivity contribution in [3.63, 3.8) is 0 Å². The predicted octanol–water partition coefficient (Wildman–Crippen LogP) is -0.817. The van der Waals surface area contributed by atoms with Gasteiger partial charge in [-0.1, -0.05) is 0 Å². The number of nitrogens with one attached hydrogen (secondary N) is 2. The number of carboxylic acid groups (broad SMARTS) is 1. The van der Waals surface area contributed by atoms with Crippen LogP contribution in [0, 0.1) is 0 Å². The van der Waals surface area contributed by atoms with Crippen LogP contribution in [0.3, 0.4) is 0 Å². The van der Waals surface area contributed by atoms with Crippen LogP contribution in [0.15, 0.2) is 12.5 Å². The minimum Gasteiger partial charge on any atom is -0.481 e. The summed E-state index contributed by atoms with van der Waals surface area (Å²) in [5.74, 6) is -2.61. The Bertz CT molecular complexity index is 722. The summed E-state index contributed by atoms with van der Waals surface area (Å²) < 4.78 is 4.82. The fourth-order valence-electron chi connectivity index (χ4n) is 3.28. The first-order valence-corrected chi connectivity index (χ1v) is 9.46. The van der Waals surface area contributed by atoms with Gasteiger partial charge in [0, 0.05) is 31.3 Å². The second-order valence-corrected chi connectivity index (χ2v) is 6.95. The van der Waals surface area contributed by atoms with Crippen molar-refractivity contribution in [2.45, 2.75) is 56.7 Å². The number of carbonyl (C=O) groups excluding carboxylic acids is 3. The van der Waals surface area contributed by atoms with Gasteiger partial charge in [0.15, 0.2) is 0 Å². The zero-order valence-electron chi connectivity index (χ0n) is 16.3. The fraction of sp³-hybridized carbons (Fsp3) is 0.611. The first-order valence-electron chi connectivity index (χ1n) is 9.46. The smallest absolute Gasteiger partial charge is 0.328 e. The average molecular weight is 409 g/mol. The number of hydrogen-bond acceptors (Lipinski definition) is 7. The van der Waals surface area contributed by atoms with Crippen LogP contribution in [0.25, 0.3) is 0 Å². The number of methoxy groups -OCH3 is 1. The van der Waals surface area contributed by atoms with Crippen molar-refractivity contribution in [1.29, 1.82) is 0 Å². The van der Waals surface area contributed by atoms with Crippen LogP contribution in [0.2, 0.25) is 0 Å². The Morgan fingerprint density at radius 3 is 2.79 bits per heavy atom. The van der Waals surface area contributed by atoms with E-state index in [2.05, 4.69) is 15.3 Å². The molecule has 0 radical (unpaired) electrons. The standard InChI is InChI=1S/C18H27N5O6/c1-29-18(28)14-4-2-3-7-23(14)17(27)13(8-11-9-20-10-21-11)22-16(26)12(19)5-6-15(24)25/h9-10,12-14H,2-8,19H2,1H3,(H,20,21)(H,22,26)(H,24,25)/t12-,13-,14-/m0/s1.